The zero-order valence-corrected chi connectivity index (χ0v) is 14.2. The van der Waals surface area contributed by atoms with E-state index in [9.17, 15) is 8.42 Å². The maximum atomic E-state index is 12.5. The van der Waals surface area contributed by atoms with Crippen LogP contribution in [-0.2, 0) is 21.3 Å². The molecule has 1 aromatic rings. The number of nitrogens with two attached hydrogens (primary N) is 1. The molecule has 122 valence electrons. The number of rotatable bonds is 8. The van der Waals surface area contributed by atoms with Gasteiger partial charge in [0.25, 0.3) is 0 Å². The van der Waals surface area contributed by atoms with E-state index in [0.717, 1.165) is 6.42 Å². The van der Waals surface area contributed by atoms with Gasteiger partial charge in [0.05, 0.1) is 17.0 Å². The van der Waals surface area contributed by atoms with E-state index in [1.54, 1.807) is 25.6 Å². The Balaban J connectivity index is 3.01. The number of aromatic nitrogens is 2. The molecule has 0 saturated carbocycles. The van der Waals surface area contributed by atoms with Crippen molar-refractivity contribution in [3.63, 3.8) is 0 Å². The van der Waals surface area contributed by atoms with Gasteiger partial charge < -0.3 is 10.5 Å². The molecule has 0 aliphatic heterocycles. The van der Waals surface area contributed by atoms with Crippen LogP contribution in [0.1, 0.15) is 31.7 Å². The monoisotopic (exact) mass is 318 g/mol. The number of nitrogens with one attached hydrogen (secondary N) is 1. The van der Waals surface area contributed by atoms with Crippen molar-refractivity contribution >= 4 is 10.0 Å². The van der Waals surface area contributed by atoms with Gasteiger partial charge in [-0.2, -0.15) is 5.10 Å². The van der Waals surface area contributed by atoms with Crippen molar-refractivity contribution in [1.29, 1.82) is 0 Å². The molecule has 8 heteroatoms. The zero-order chi connectivity index (χ0) is 16.3. The van der Waals surface area contributed by atoms with Gasteiger partial charge in [0.15, 0.2) is 0 Å². The molecule has 0 fully saturated rings. The Morgan fingerprint density at radius 1 is 1.38 bits per heavy atom. The van der Waals surface area contributed by atoms with E-state index >= 15 is 0 Å². The van der Waals surface area contributed by atoms with E-state index in [0.29, 0.717) is 24.5 Å². The van der Waals surface area contributed by atoms with Crippen LogP contribution in [0.4, 0.5) is 0 Å². The molecule has 0 spiro atoms. The second kappa shape index (κ2) is 6.87. The first kappa shape index (κ1) is 18.1. The topological polar surface area (TPSA) is 99.2 Å². The molecule has 1 rings (SSSR count). The standard InChI is InChI=1S/C13H26N4O3S/c1-10-12(11(2)17(16-10)8-6-7-14)21(18,19)15-9-13(3,4)20-5/h15H,6-9,14H2,1-5H3. The average Bonchev–Trinajstić information content (AvgIpc) is 2.69. The maximum absolute atomic E-state index is 12.5. The molecule has 0 saturated heterocycles. The Morgan fingerprint density at radius 3 is 2.52 bits per heavy atom. The van der Waals surface area contributed by atoms with Crippen LogP contribution in [0.15, 0.2) is 4.90 Å². The fourth-order valence-electron chi connectivity index (χ4n) is 1.94. The smallest absolute Gasteiger partial charge is 0.244 e. The van der Waals surface area contributed by atoms with E-state index in [2.05, 4.69) is 9.82 Å². The van der Waals surface area contributed by atoms with Gasteiger partial charge in [-0.15, -0.1) is 0 Å². The second-order valence-electron chi connectivity index (χ2n) is 5.65. The van der Waals surface area contributed by atoms with E-state index in [-0.39, 0.29) is 11.4 Å². The Morgan fingerprint density at radius 2 is 2.00 bits per heavy atom. The lowest BCUT2D eigenvalue weighted by Crippen LogP contribution is -2.40. The average molecular weight is 318 g/mol. The molecule has 0 aliphatic carbocycles. The molecule has 0 bridgehead atoms. The summed E-state index contributed by atoms with van der Waals surface area (Å²) >= 11 is 0. The van der Waals surface area contributed by atoms with Crippen LogP contribution in [-0.4, -0.2) is 44.0 Å². The van der Waals surface area contributed by atoms with Crippen molar-refractivity contribution in [3.05, 3.63) is 11.4 Å². The summed E-state index contributed by atoms with van der Waals surface area (Å²) in [6.45, 7) is 8.44. The van der Waals surface area contributed by atoms with E-state index in [4.69, 9.17) is 10.5 Å². The lowest BCUT2D eigenvalue weighted by atomic mass is 10.1. The number of sulfonamides is 1. The molecule has 3 N–H and O–H groups in total. The van der Waals surface area contributed by atoms with Crippen LogP contribution in [0.5, 0.6) is 0 Å². The molecular weight excluding hydrogens is 292 g/mol. The van der Waals surface area contributed by atoms with Crippen molar-refractivity contribution in [2.75, 3.05) is 20.2 Å². The molecule has 1 aromatic heterocycles. The molecule has 1 heterocycles. The molecule has 0 atom stereocenters. The Bertz CT molecular complexity index is 578. The minimum Gasteiger partial charge on any atom is -0.377 e. The Hall–Kier alpha value is -0.960. The quantitative estimate of drug-likeness (QED) is 0.729. The highest BCUT2D eigenvalue weighted by molar-refractivity contribution is 7.89. The van der Waals surface area contributed by atoms with Crippen LogP contribution in [0, 0.1) is 13.8 Å². The first-order chi connectivity index (χ1) is 9.64. The van der Waals surface area contributed by atoms with E-state index in [1.807, 2.05) is 13.8 Å². The van der Waals surface area contributed by atoms with Crippen molar-refractivity contribution in [3.8, 4) is 0 Å². The largest absolute Gasteiger partial charge is 0.377 e. The van der Waals surface area contributed by atoms with Gasteiger partial charge in [0.2, 0.25) is 10.0 Å². The van der Waals surface area contributed by atoms with Gasteiger partial charge >= 0.3 is 0 Å². The predicted molar refractivity (Wildman–Crippen MR) is 81.6 cm³/mol. The SMILES string of the molecule is COC(C)(C)CNS(=O)(=O)c1c(C)nn(CCCN)c1C. The molecule has 0 aromatic carbocycles. The molecular formula is C13H26N4O3S. The molecule has 7 nitrogen and oxygen atoms in total. The first-order valence-corrected chi connectivity index (χ1v) is 8.42. The lowest BCUT2D eigenvalue weighted by Gasteiger charge is -2.23. The number of ether oxygens (including phenoxy) is 1. The van der Waals surface area contributed by atoms with Gasteiger partial charge in [0, 0.05) is 20.2 Å². The van der Waals surface area contributed by atoms with Gasteiger partial charge in [-0.3, -0.25) is 4.68 Å². The van der Waals surface area contributed by atoms with Gasteiger partial charge in [0.1, 0.15) is 4.90 Å². The summed E-state index contributed by atoms with van der Waals surface area (Å²) in [5.74, 6) is 0. The third-order valence-electron chi connectivity index (χ3n) is 3.40. The lowest BCUT2D eigenvalue weighted by molar-refractivity contribution is 0.0276. The highest BCUT2D eigenvalue weighted by Crippen LogP contribution is 2.20. The van der Waals surface area contributed by atoms with Crippen molar-refractivity contribution in [2.24, 2.45) is 5.73 Å². The molecule has 21 heavy (non-hydrogen) atoms. The number of aryl methyl sites for hydroxylation is 2. The molecule has 0 amide bonds. The normalized spacial score (nSPS) is 12.9. The molecule has 0 aliphatic rings. The van der Waals surface area contributed by atoms with Crippen molar-refractivity contribution < 1.29 is 13.2 Å². The Kier molecular flexibility index (Phi) is 5.92. The van der Waals surface area contributed by atoms with Gasteiger partial charge in [-0.1, -0.05) is 0 Å². The van der Waals surface area contributed by atoms with Crippen molar-refractivity contribution in [2.45, 2.75) is 51.2 Å². The summed E-state index contributed by atoms with van der Waals surface area (Å²) in [6.07, 6.45) is 0.756. The predicted octanol–water partition coefficient (Wildman–Crippen LogP) is 0.552. The summed E-state index contributed by atoms with van der Waals surface area (Å²) in [4.78, 5) is 0.242. The van der Waals surface area contributed by atoms with Gasteiger partial charge in [-0.05, 0) is 40.7 Å². The van der Waals surface area contributed by atoms with Crippen molar-refractivity contribution in [1.82, 2.24) is 14.5 Å². The number of hydrogen-bond acceptors (Lipinski definition) is 5. The minimum absolute atomic E-state index is 0.193. The summed E-state index contributed by atoms with van der Waals surface area (Å²) in [5.41, 5.74) is 6.04. The van der Waals surface area contributed by atoms with Crippen LogP contribution in [0.3, 0.4) is 0 Å². The summed E-state index contributed by atoms with van der Waals surface area (Å²) < 4.78 is 34.5. The van der Waals surface area contributed by atoms with Crippen LogP contribution in [0.2, 0.25) is 0 Å². The van der Waals surface area contributed by atoms with E-state index in [1.165, 1.54) is 0 Å². The minimum atomic E-state index is -3.61. The number of nitrogens with zero attached hydrogens (tertiary/aromatic N) is 2. The second-order valence-corrected chi connectivity index (χ2v) is 7.36. The molecule has 0 unspecified atom stereocenters. The fraction of sp³-hybridized carbons (Fsp3) is 0.769. The highest BCUT2D eigenvalue weighted by atomic mass is 32.2. The Labute approximate surface area is 126 Å². The van der Waals surface area contributed by atoms with Crippen LogP contribution >= 0.6 is 0 Å². The van der Waals surface area contributed by atoms with Gasteiger partial charge in [-0.25, -0.2) is 13.1 Å². The van der Waals surface area contributed by atoms with Crippen LogP contribution in [0.25, 0.3) is 0 Å². The number of hydrogen-bond donors (Lipinski definition) is 2. The highest BCUT2D eigenvalue weighted by Gasteiger charge is 2.27. The summed E-state index contributed by atoms with van der Waals surface area (Å²) in [5, 5.41) is 4.29. The van der Waals surface area contributed by atoms with E-state index < -0.39 is 15.6 Å². The third-order valence-corrected chi connectivity index (χ3v) is 5.05. The van der Waals surface area contributed by atoms with Crippen LogP contribution < -0.4 is 10.5 Å². The summed E-state index contributed by atoms with van der Waals surface area (Å²) in [6, 6.07) is 0. The zero-order valence-electron chi connectivity index (χ0n) is 13.4. The maximum Gasteiger partial charge on any atom is 0.244 e. The third kappa shape index (κ3) is 4.50. The number of methoxy groups -OCH3 is 1. The fourth-order valence-corrected chi connectivity index (χ4v) is 3.55. The summed E-state index contributed by atoms with van der Waals surface area (Å²) in [7, 11) is -2.06. The first-order valence-electron chi connectivity index (χ1n) is 6.93. The molecule has 0 radical (unpaired) electrons.